The molecule has 0 aliphatic rings. The number of aromatic nitrogens is 3. The maximum absolute atomic E-state index is 13.1. The normalized spacial score (nSPS) is 12.5. The standard InChI is InChI=1S/C28H32ClN5O3S2/c1-19(2)24-14-9-20(3)17-26(24)37-18-27-31-32-28(34(27)30)38-16-15-25(21-7-5-4-6-8-21)33-39(35,36)23-12-10-22(29)11-13-23/h4-14,17,19,25,33H,15-16,18,30H2,1-3H3/t25-/m1/s1. The van der Waals surface area contributed by atoms with Crippen molar-refractivity contribution in [1.82, 2.24) is 19.6 Å². The van der Waals surface area contributed by atoms with Crippen molar-refractivity contribution in [2.75, 3.05) is 11.6 Å². The van der Waals surface area contributed by atoms with Gasteiger partial charge in [0, 0.05) is 16.8 Å². The van der Waals surface area contributed by atoms with E-state index in [-0.39, 0.29) is 11.5 Å². The maximum atomic E-state index is 13.1. The Balaban J connectivity index is 1.42. The second-order valence-corrected chi connectivity index (χ2v) is 12.6. The fourth-order valence-corrected chi connectivity index (χ4v) is 6.27. The second kappa shape index (κ2) is 12.9. The Kier molecular flexibility index (Phi) is 9.55. The first kappa shape index (κ1) is 28.9. The Morgan fingerprint density at radius 3 is 2.46 bits per heavy atom. The van der Waals surface area contributed by atoms with Gasteiger partial charge in [0.1, 0.15) is 12.4 Å². The fourth-order valence-electron chi connectivity index (χ4n) is 4.01. The number of thioether (sulfide) groups is 1. The largest absolute Gasteiger partial charge is 0.485 e. The van der Waals surface area contributed by atoms with Gasteiger partial charge in [0.2, 0.25) is 15.2 Å². The predicted octanol–water partition coefficient (Wildman–Crippen LogP) is 5.86. The average Bonchev–Trinajstić information content (AvgIpc) is 3.26. The third kappa shape index (κ3) is 7.54. The molecule has 3 N–H and O–H groups in total. The Morgan fingerprint density at radius 2 is 1.77 bits per heavy atom. The molecule has 11 heteroatoms. The Morgan fingerprint density at radius 1 is 1.05 bits per heavy atom. The minimum absolute atomic E-state index is 0.154. The van der Waals surface area contributed by atoms with Gasteiger partial charge in [-0.05, 0) is 66.3 Å². The lowest BCUT2D eigenvalue weighted by Gasteiger charge is -2.19. The number of ether oxygens (including phenoxy) is 1. The predicted molar refractivity (Wildman–Crippen MR) is 156 cm³/mol. The van der Waals surface area contributed by atoms with Crippen LogP contribution >= 0.6 is 23.4 Å². The van der Waals surface area contributed by atoms with Gasteiger partial charge in [-0.25, -0.2) is 17.8 Å². The number of benzene rings is 3. The first-order chi connectivity index (χ1) is 18.6. The monoisotopic (exact) mass is 585 g/mol. The van der Waals surface area contributed by atoms with Gasteiger partial charge in [-0.3, -0.25) is 0 Å². The smallest absolute Gasteiger partial charge is 0.241 e. The van der Waals surface area contributed by atoms with Crippen molar-refractivity contribution in [2.24, 2.45) is 0 Å². The topological polar surface area (TPSA) is 112 Å². The fraction of sp³-hybridized carbons (Fsp3) is 0.286. The van der Waals surface area contributed by atoms with E-state index < -0.39 is 16.1 Å². The van der Waals surface area contributed by atoms with Gasteiger partial charge in [0.05, 0.1) is 4.90 Å². The summed E-state index contributed by atoms with van der Waals surface area (Å²) in [6, 6.07) is 21.3. The maximum Gasteiger partial charge on any atom is 0.241 e. The molecule has 0 radical (unpaired) electrons. The van der Waals surface area contributed by atoms with Crippen LogP contribution in [0.3, 0.4) is 0 Å². The summed E-state index contributed by atoms with van der Waals surface area (Å²) in [4.78, 5) is 0.154. The summed E-state index contributed by atoms with van der Waals surface area (Å²) in [6.45, 7) is 6.45. The van der Waals surface area contributed by atoms with E-state index in [0.29, 0.717) is 34.1 Å². The number of nitrogens with two attached hydrogens (primary N) is 1. The zero-order valence-corrected chi connectivity index (χ0v) is 24.4. The van der Waals surface area contributed by atoms with Crippen LogP contribution in [0.5, 0.6) is 5.75 Å². The van der Waals surface area contributed by atoms with Gasteiger partial charge in [0.15, 0.2) is 5.82 Å². The molecule has 3 aromatic carbocycles. The van der Waals surface area contributed by atoms with Crippen LogP contribution in [0.4, 0.5) is 0 Å². The highest BCUT2D eigenvalue weighted by Gasteiger charge is 2.22. The lowest BCUT2D eigenvalue weighted by molar-refractivity contribution is 0.287. The van der Waals surface area contributed by atoms with E-state index in [4.69, 9.17) is 22.2 Å². The van der Waals surface area contributed by atoms with Crippen LogP contribution in [0.1, 0.15) is 54.7 Å². The molecule has 0 aliphatic heterocycles. The molecule has 1 atom stereocenters. The van der Waals surface area contributed by atoms with Crippen LogP contribution in [-0.2, 0) is 16.6 Å². The number of hydrogen-bond donors (Lipinski definition) is 2. The molecule has 0 unspecified atom stereocenters. The molecule has 1 aromatic heterocycles. The minimum atomic E-state index is -3.76. The molecule has 0 saturated carbocycles. The number of sulfonamides is 1. The highest BCUT2D eigenvalue weighted by atomic mass is 35.5. The van der Waals surface area contributed by atoms with Gasteiger partial charge < -0.3 is 10.6 Å². The molecule has 1 heterocycles. The highest BCUT2D eigenvalue weighted by molar-refractivity contribution is 7.99. The van der Waals surface area contributed by atoms with Crippen LogP contribution in [0.25, 0.3) is 0 Å². The average molecular weight is 586 g/mol. The third-order valence-corrected chi connectivity index (χ3v) is 8.86. The van der Waals surface area contributed by atoms with Gasteiger partial charge in [-0.2, -0.15) is 0 Å². The van der Waals surface area contributed by atoms with Crippen LogP contribution in [0.15, 0.2) is 82.8 Å². The van der Waals surface area contributed by atoms with Gasteiger partial charge in [-0.15, -0.1) is 10.2 Å². The summed E-state index contributed by atoms with van der Waals surface area (Å²) in [5.74, 6) is 8.45. The summed E-state index contributed by atoms with van der Waals surface area (Å²) < 4.78 is 36.5. The van der Waals surface area contributed by atoms with Gasteiger partial charge in [0.25, 0.3) is 0 Å². The minimum Gasteiger partial charge on any atom is -0.485 e. The first-order valence-electron chi connectivity index (χ1n) is 12.5. The van der Waals surface area contributed by atoms with E-state index in [1.807, 2.05) is 43.3 Å². The summed E-state index contributed by atoms with van der Waals surface area (Å²) in [5.41, 5.74) is 3.09. The zero-order valence-electron chi connectivity index (χ0n) is 22.0. The molecule has 0 amide bonds. The van der Waals surface area contributed by atoms with Crippen molar-refractivity contribution < 1.29 is 13.2 Å². The summed E-state index contributed by atoms with van der Waals surface area (Å²) >= 11 is 7.34. The number of nitrogen functional groups attached to an aromatic ring is 1. The Hall–Kier alpha value is -3.05. The van der Waals surface area contributed by atoms with Crippen molar-refractivity contribution in [2.45, 2.75) is 55.8 Å². The van der Waals surface area contributed by atoms with Crippen LogP contribution in [0.2, 0.25) is 5.02 Å². The van der Waals surface area contributed by atoms with Gasteiger partial charge >= 0.3 is 0 Å². The number of nitrogens with one attached hydrogen (secondary N) is 1. The summed E-state index contributed by atoms with van der Waals surface area (Å²) in [7, 11) is -3.76. The second-order valence-electron chi connectivity index (χ2n) is 9.43. The van der Waals surface area contributed by atoms with Crippen LogP contribution in [-0.4, -0.2) is 29.0 Å². The molecule has 4 aromatic rings. The van der Waals surface area contributed by atoms with E-state index in [0.717, 1.165) is 22.4 Å². The van der Waals surface area contributed by atoms with Crippen LogP contribution < -0.4 is 15.3 Å². The molecule has 0 fully saturated rings. The lowest BCUT2D eigenvalue weighted by Crippen LogP contribution is -2.29. The van der Waals surface area contributed by atoms with E-state index in [2.05, 4.69) is 40.9 Å². The number of aryl methyl sites for hydroxylation is 1. The molecule has 206 valence electrons. The lowest BCUT2D eigenvalue weighted by atomic mass is 10.0. The zero-order chi connectivity index (χ0) is 28.0. The van der Waals surface area contributed by atoms with Crippen LogP contribution in [0, 0.1) is 6.92 Å². The molecule has 0 saturated heterocycles. The number of nitrogens with zero attached hydrogens (tertiary/aromatic N) is 3. The highest BCUT2D eigenvalue weighted by Crippen LogP contribution is 2.29. The summed E-state index contributed by atoms with van der Waals surface area (Å²) in [6.07, 6.45) is 0.501. The molecule has 0 spiro atoms. The number of rotatable bonds is 12. The van der Waals surface area contributed by atoms with E-state index in [1.165, 1.54) is 28.6 Å². The summed E-state index contributed by atoms with van der Waals surface area (Å²) in [5, 5.41) is 9.43. The Labute approximate surface area is 239 Å². The molecular formula is C28H32ClN5O3S2. The van der Waals surface area contributed by atoms with Crippen molar-refractivity contribution in [3.63, 3.8) is 0 Å². The molecule has 39 heavy (non-hydrogen) atoms. The quantitative estimate of drug-likeness (QED) is 0.158. The molecule has 0 aliphatic carbocycles. The third-order valence-electron chi connectivity index (χ3n) is 6.14. The SMILES string of the molecule is Cc1ccc(C(C)C)c(OCc2nnc(SCC[C@@H](NS(=O)(=O)c3ccc(Cl)cc3)c3ccccc3)n2N)c1. The van der Waals surface area contributed by atoms with Gasteiger partial charge in [-0.1, -0.05) is 79.7 Å². The molecule has 4 rings (SSSR count). The molecular weight excluding hydrogens is 554 g/mol. The van der Waals surface area contributed by atoms with Crippen molar-refractivity contribution in [1.29, 1.82) is 0 Å². The van der Waals surface area contributed by atoms with E-state index >= 15 is 0 Å². The first-order valence-corrected chi connectivity index (χ1v) is 15.4. The molecule has 0 bridgehead atoms. The van der Waals surface area contributed by atoms with Crippen molar-refractivity contribution in [3.8, 4) is 5.75 Å². The number of hydrogen-bond acceptors (Lipinski definition) is 7. The Bertz CT molecular complexity index is 1490. The van der Waals surface area contributed by atoms with E-state index in [1.54, 1.807) is 12.1 Å². The molecule has 8 nitrogen and oxygen atoms in total. The van der Waals surface area contributed by atoms with E-state index in [9.17, 15) is 8.42 Å². The number of halogens is 1. The van der Waals surface area contributed by atoms with Crippen molar-refractivity contribution in [3.05, 3.63) is 100 Å². The van der Waals surface area contributed by atoms with Crippen molar-refractivity contribution >= 4 is 33.4 Å².